The molecule has 1 aliphatic rings. The van der Waals surface area contributed by atoms with E-state index in [0.717, 1.165) is 5.56 Å². The van der Waals surface area contributed by atoms with Gasteiger partial charge in [-0.3, -0.25) is 4.79 Å². The Bertz CT molecular complexity index is 1530. The van der Waals surface area contributed by atoms with E-state index in [0.29, 0.717) is 28.7 Å². The molecule has 0 aliphatic carbocycles. The van der Waals surface area contributed by atoms with Crippen LogP contribution < -0.4 is 5.32 Å². The van der Waals surface area contributed by atoms with Gasteiger partial charge in [-0.1, -0.05) is 42.5 Å². The fourth-order valence-corrected chi connectivity index (χ4v) is 6.31. The van der Waals surface area contributed by atoms with E-state index < -0.39 is 21.7 Å². The van der Waals surface area contributed by atoms with Crippen molar-refractivity contribution >= 4 is 26.8 Å². The lowest BCUT2D eigenvalue weighted by molar-refractivity contribution is 0.0941. The number of aromatic nitrogens is 3. The van der Waals surface area contributed by atoms with Crippen molar-refractivity contribution in [3.05, 3.63) is 83.3 Å². The second-order valence-corrected chi connectivity index (χ2v) is 11.2. The number of halogens is 1. The molecule has 2 aromatic heterocycles. The van der Waals surface area contributed by atoms with Crippen molar-refractivity contribution in [2.75, 3.05) is 11.5 Å². The van der Waals surface area contributed by atoms with E-state index in [9.17, 15) is 17.6 Å². The van der Waals surface area contributed by atoms with Gasteiger partial charge in [0.2, 0.25) is 0 Å². The zero-order chi connectivity index (χ0) is 24.7. The summed E-state index contributed by atoms with van der Waals surface area (Å²) in [6.07, 6.45) is 0.413. The number of fused-ring (bicyclic) bond motifs is 1. The van der Waals surface area contributed by atoms with Crippen molar-refractivity contribution in [3.63, 3.8) is 0 Å². The van der Waals surface area contributed by atoms with Gasteiger partial charge >= 0.3 is 0 Å². The maximum Gasteiger partial charge on any atom is 0.252 e. The summed E-state index contributed by atoms with van der Waals surface area (Å²) in [5.74, 6) is -0.767. The molecule has 2 aromatic carbocycles. The maximum absolute atomic E-state index is 14.7. The van der Waals surface area contributed by atoms with E-state index in [2.05, 4.69) is 15.4 Å². The van der Waals surface area contributed by atoms with Crippen LogP contribution in [0.3, 0.4) is 0 Å². The molecule has 0 saturated carbocycles. The first-order valence-corrected chi connectivity index (χ1v) is 13.3. The number of aryl methyl sites for hydroxylation is 1. The van der Waals surface area contributed by atoms with E-state index in [4.69, 9.17) is 0 Å². The summed E-state index contributed by atoms with van der Waals surface area (Å²) in [5, 5.41) is 8.15. The second kappa shape index (κ2) is 8.88. The fourth-order valence-electron chi connectivity index (χ4n) is 4.62. The van der Waals surface area contributed by atoms with Crippen molar-refractivity contribution in [1.82, 2.24) is 20.1 Å². The van der Waals surface area contributed by atoms with Gasteiger partial charge in [0.15, 0.2) is 15.5 Å². The van der Waals surface area contributed by atoms with Gasteiger partial charge in [-0.15, -0.1) is 0 Å². The molecule has 5 rings (SSSR count). The number of hydrogen-bond acceptors (Lipinski definition) is 5. The van der Waals surface area contributed by atoms with E-state index >= 15 is 0 Å². The number of sulfone groups is 1. The van der Waals surface area contributed by atoms with Crippen molar-refractivity contribution in [3.8, 4) is 11.3 Å². The van der Waals surface area contributed by atoms with Gasteiger partial charge in [0.05, 0.1) is 45.9 Å². The van der Waals surface area contributed by atoms with E-state index in [1.165, 1.54) is 6.07 Å². The first-order chi connectivity index (χ1) is 16.7. The van der Waals surface area contributed by atoms with Gasteiger partial charge in [-0.25, -0.2) is 22.5 Å². The molecule has 1 aliphatic heterocycles. The third-order valence-electron chi connectivity index (χ3n) is 6.43. The quantitative estimate of drug-likeness (QED) is 0.446. The van der Waals surface area contributed by atoms with Gasteiger partial charge < -0.3 is 5.32 Å². The third kappa shape index (κ3) is 4.43. The Labute approximate surface area is 202 Å². The average molecular weight is 493 g/mol. The van der Waals surface area contributed by atoms with Crippen LogP contribution in [0.4, 0.5) is 4.39 Å². The van der Waals surface area contributed by atoms with Crippen molar-refractivity contribution < 1.29 is 17.6 Å². The highest BCUT2D eigenvalue weighted by atomic mass is 32.2. The lowest BCUT2D eigenvalue weighted by atomic mass is 10.0. The molecule has 9 heteroatoms. The molecule has 1 amide bonds. The van der Waals surface area contributed by atoms with Gasteiger partial charge in [0.1, 0.15) is 5.82 Å². The zero-order valence-corrected chi connectivity index (χ0v) is 20.2. The van der Waals surface area contributed by atoms with Crippen LogP contribution in [0.25, 0.3) is 22.3 Å². The normalized spacial score (nSPS) is 18.0. The first-order valence-electron chi connectivity index (χ1n) is 11.4. The summed E-state index contributed by atoms with van der Waals surface area (Å²) < 4.78 is 40.6. The first kappa shape index (κ1) is 23.2. The van der Waals surface area contributed by atoms with Crippen LogP contribution in [-0.4, -0.2) is 40.6 Å². The fraction of sp³-hybridized carbons (Fsp3) is 0.269. The van der Waals surface area contributed by atoms with E-state index in [1.54, 1.807) is 35.9 Å². The molecule has 35 heavy (non-hydrogen) atoms. The highest BCUT2D eigenvalue weighted by Gasteiger charge is 2.32. The predicted octanol–water partition coefficient (Wildman–Crippen LogP) is 4.40. The van der Waals surface area contributed by atoms with Crippen LogP contribution in [0, 0.1) is 12.7 Å². The Morgan fingerprint density at radius 1 is 1.14 bits per heavy atom. The Morgan fingerprint density at radius 3 is 2.54 bits per heavy atom. The Hall–Kier alpha value is -3.59. The lowest BCUT2D eigenvalue weighted by Crippen LogP contribution is -2.27. The summed E-state index contributed by atoms with van der Waals surface area (Å²) in [6.45, 7) is 3.66. The smallest absolute Gasteiger partial charge is 0.252 e. The maximum atomic E-state index is 14.7. The van der Waals surface area contributed by atoms with E-state index in [1.807, 2.05) is 37.3 Å². The number of benzene rings is 2. The molecule has 1 fully saturated rings. The summed E-state index contributed by atoms with van der Waals surface area (Å²) in [5.41, 5.74) is 2.75. The van der Waals surface area contributed by atoms with Gasteiger partial charge in [0, 0.05) is 5.56 Å². The number of amides is 1. The predicted molar refractivity (Wildman–Crippen MR) is 132 cm³/mol. The molecule has 4 aromatic rings. The minimum atomic E-state index is -3.17. The molecular weight excluding hydrogens is 467 g/mol. The molecule has 1 N–H and O–H groups in total. The molecule has 0 radical (unpaired) electrons. The Balaban J connectivity index is 1.66. The van der Waals surface area contributed by atoms with Gasteiger partial charge in [-0.2, -0.15) is 5.10 Å². The topological polar surface area (TPSA) is 93.9 Å². The van der Waals surface area contributed by atoms with Crippen molar-refractivity contribution in [2.24, 2.45) is 0 Å². The van der Waals surface area contributed by atoms with Crippen LogP contribution in [0.15, 0.2) is 60.7 Å². The number of carbonyl (C=O) groups is 1. The zero-order valence-electron chi connectivity index (χ0n) is 19.4. The Kier molecular flexibility index (Phi) is 5.88. The molecule has 1 saturated heterocycles. The lowest BCUT2D eigenvalue weighted by Gasteiger charge is -2.16. The molecule has 3 heterocycles. The minimum Gasteiger partial charge on any atom is -0.345 e. The summed E-state index contributed by atoms with van der Waals surface area (Å²) >= 11 is 0. The molecule has 180 valence electrons. The van der Waals surface area contributed by atoms with Crippen LogP contribution in [-0.2, 0) is 9.84 Å². The van der Waals surface area contributed by atoms with Crippen LogP contribution in [0.2, 0.25) is 0 Å². The minimum absolute atomic E-state index is 0.0403. The number of pyridine rings is 1. The number of rotatable bonds is 5. The monoisotopic (exact) mass is 492 g/mol. The number of nitrogens with one attached hydrogen (secondary N) is 1. The second-order valence-electron chi connectivity index (χ2n) is 8.93. The summed E-state index contributed by atoms with van der Waals surface area (Å²) in [7, 11) is -3.17. The number of carbonyl (C=O) groups excluding carboxylic acids is 1. The van der Waals surface area contributed by atoms with Crippen LogP contribution in [0.1, 0.15) is 47.0 Å². The van der Waals surface area contributed by atoms with Crippen molar-refractivity contribution in [1.29, 1.82) is 0 Å². The number of nitrogens with zero attached hydrogens (tertiary/aromatic N) is 3. The molecule has 2 atom stereocenters. The molecular formula is C26H25FN4O3S. The molecule has 0 bridgehead atoms. The molecule has 0 spiro atoms. The van der Waals surface area contributed by atoms with Crippen LogP contribution >= 0.6 is 0 Å². The average Bonchev–Trinajstić information content (AvgIpc) is 3.38. The summed E-state index contributed by atoms with van der Waals surface area (Å²) in [4.78, 5) is 18.2. The van der Waals surface area contributed by atoms with Gasteiger partial charge in [0.25, 0.3) is 5.91 Å². The highest BCUT2D eigenvalue weighted by molar-refractivity contribution is 7.91. The SMILES string of the molecule is Cc1nn(C2CCS(=O)(=O)C2)c2nc(-c3ccccc3F)cc(C(=O)NC(C)c3ccccc3)c12. The standard InChI is InChI=1S/C26H25FN4O3S/c1-16(18-8-4-3-5-9-18)28-26(32)21-14-23(20-10-6-7-11-22(20)27)29-25-24(21)17(2)30-31(25)19-12-13-35(33,34)15-19/h3-11,14,16,19H,12-13,15H2,1-2H3,(H,28,32). The van der Waals surface area contributed by atoms with E-state index in [-0.39, 0.29) is 34.7 Å². The van der Waals surface area contributed by atoms with Crippen LogP contribution in [0.5, 0.6) is 0 Å². The molecule has 7 nitrogen and oxygen atoms in total. The van der Waals surface area contributed by atoms with Crippen molar-refractivity contribution in [2.45, 2.75) is 32.4 Å². The third-order valence-corrected chi connectivity index (χ3v) is 8.18. The van der Waals surface area contributed by atoms with Gasteiger partial charge in [-0.05, 0) is 44.0 Å². The molecule has 2 unspecified atom stereocenters. The summed E-state index contributed by atoms with van der Waals surface area (Å²) in [6, 6.07) is 16.7. The largest absolute Gasteiger partial charge is 0.345 e. The highest BCUT2D eigenvalue weighted by Crippen LogP contribution is 2.33. The number of hydrogen-bond donors (Lipinski definition) is 1. The Morgan fingerprint density at radius 2 is 1.86 bits per heavy atom.